The Kier molecular flexibility index (Phi) is 2.66. The molecule has 0 aliphatic heterocycles. The number of nitrogens with zero attached hydrogens (tertiary/aromatic N) is 3. The fourth-order valence-electron chi connectivity index (χ4n) is 1.61. The zero-order valence-electron chi connectivity index (χ0n) is 8.19. The van der Waals surface area contributed by atoms with Gasteiger partial charge < -0.3 is 5.11 Å². The van der Waals surface area contributed by atoms with Crippen LogP contribution in [-0.4, -0.2) is 32.7 Å². The molecule has 0 unspecified atom stereocenters. The van der Waals surface area contributed by atoms with Gasteiger partial charge in [-0.2, -0.15) is 0 Å². The van der Waals surface area contributed by atoms with Crippen molar-refractivity contribution in [3.63, 3.8) is 0 Å². The number of hydrogen-bond acceptors (Lipinski definition) is 3. The summed E-state index contributed by atoms with van der Waals surface area (Å²) in [6, 6.07) is 0. The molecule has 15 heavy (non-hydrogen) atoms. The molecule has 0 bridgehead atoms. The van der Waals surface area contributed by atoms with Gasteiger partial charge in [0.1, 0.15) is 0 Å². The van der Waals surface area contributed by atoms with Crippen molar-refractivity contribution in [1.29, 1.82) is 0 Å². The van der Waals surface area contributed by atoms with E-state index in [1.54, 1.807) is 0 Å². The zero-order valence-corrected chi connectivity index (χ0v) is 8.19. The number of aryl methyl sites for hydroxylation is 1. The van der Waals surface area contributed by atoms with E-state index in [0.29, 0.717) is 18.7 Å². The number of aromatic carboxylic acids is 1. The average molecular weight is 213 g/mol. The van der Waals surface area contributed by atoms with Crippen LogP contribution in [0.2, 0.25) is 0 Å². The molecule has 1 aliphatic rings. The second-order valence-electron chi connectivity index (χ2n) is 3.67. The minimum atomic E-state index is -1.05. The third kappa shape index (κ3) is 1.98. The van der Waals surface area contributed by atoms with Crippen molar-refractivity contribution in [2.24, 2.45) is 0 Å². The molecule has 1 aromatic heterocycles. The summed E-state index contributed by atoms with van der Waals surface area (Å²) in [5, 5.41) is 16.3. The summed E-state index contributed by atoms with van der Waals surface area (Å²) in [7, 11) is 0. The van der Waals surface area contributed by atoms with Gasteiger partial charge in [-0.15, -0.1) is 5.10 Å². The van der Waals surface area contributed by atoms with E-state index < -0.39 is 12.6 Å². The van der Waals surface area contributed by atoms with Crippen LogP contribution in [0.15, 0.2) is 0 Å². The van der Waals surface area contributed by atoms with Crippen LogP contribution in [0.5, 0.6) is 0 Å². The van der Waals surface area contributed by atoms with E-state index in [1.807, 2.05) is 0 Å². The fourth-order valence-corrected chi connectivity index (χ4v) is 1.61. The molecule has 1 aliphatic carbocycles. The van der Waals surface area contributed by atoms with Crippen LogP contribution in [-0.2, 0) is 6.54 Å². The molecule has 1 fully saturated rings. The first kappa shape index (κ1) is 10.1. The van der Waals surface area contributed by atoms with Crippen LogP contribution in [0.1, 0.15) is 41.4 Å². The summed E-state index contributed by atoms with van der Waals surface area (Å²) in [5.74, 6) is -0.797. The van der Waals surface area contributed by atoms with Crippen molar-refractivity contribution < 1.29 is 14.3 Å². The van der Waals surface area contributed by atoms with Crippen LogP contribution in [0.25, 0.3) is 0 Å². The highest BCUT2D eigenvalue weighted by Crippen LogP contribution is 2.41. The highest BCUT2D eigenvalue weighted by atomic mass is 19.1. The predicted octanol–water partition coefficient (Wildman–Crippen LogP) is 1.21. The largest absolute Gasteiger partial charge is 0.476 e. The molecule has 1 heterocycles. The average Bonchev–Trinajstić information content (AvgIpc) is 2.95. The quantitative estimate of drug-likeness (QED) is 0.798. The Hall–Kier alpha value is -1.46. The van der Waals surface area contributed by atoms with Gasteiger partial charge in [-0.3, -0.25) is 4.39 Å². The number of hydrogen-bond donors (Lipinski definition) is 1. The molecule has 0 amide bonds. The van der Waals surface area contributed by atoms with Gasteiger partial charge in [0.05, 0.1) is 12.4 Å². The van der Waals surface area contributed by atoms with Gasteiger partial charge in [-0.25, -0.2) is 9.48 Å². The molecule has 5 nitrogen and oxygen atoms in total. The van der Waals surface area contributed by atoms with Crippen molar-refractivity contribution in [3.8, 4) is 0 Å². The Balaban J connectivity index is 2.25. The molecule has 1 N–H and O–H groups in total. The highest BCUT2D eigenvalue weighted by molar-refractivity contribution is 5.86. The highest BCUT2D eigenvalue weighted by Gasteiger charge is 2.33. The number of carboxylic acids is 1. The Bertz CT molecular complexity index is 373. The number of carbonyl (C=O) groups is 1. The molecule has 0 spiro atoms. The van der Waals surface area contributed by atoms with Crippen molar-refractivity contribution >= 4 is 5.97 Å². The summed E-state index contributed by atoms with van der Waals surface area (Å²) >= 11 is 0. The molecule has 1 aromatic rings. The van der Waals surface area contributed by atoms with Crippen LogP contribution >= 0.6 is 0 Å². The predicted molar refractivity (Wildman–Crippen MR) is 49.5 cm³/mol. The molecule has 6 heteroatoms. The summed E-state index contributed by atoms with van der Waals surface area (Å²) in [6.07, 6.45) is 2.30. The van der Waals surface area contributed by atoms with Gasteiger partial charge >= 0.3 is 5.97 Å². The number of carboxylic acid groups (broad SMARTS) is 1. The lowest BCUT2D eigenvalue weighted by molar-refractivity contribution is 0.0689. The maximum Gasteiger partial charge on any atom is 0.358 e. The van der Waals surface area contributed by atoms with Gasteiger partial charge in [0.15, 0.2) is 5.69 Å². The maximum atomic E-state index is 12.0. The molecule has 0 atom stereocenters. The monoisotopic (exact) mass is 213 g/mol. The van der Waals surface area contributed by atoms with Gasteiger partial charge in [-0.05, 0) is 19.3 Å². The Labute approximate surface area is 85.9 Å². The van der Waals surface area contributed by atoms with Crippen LogP contribution < -0.4 is 0 Å². The lowest BCUT2D eigenvalue weighted by Gasteiger charge is -2.03. The molecule has 82 valence electrons. The molecule has 2 rings (SSSR count). The van der Waals surface area contributed by atoms with E-state index >= 15 is 0 Å². The molecule has 0 saturated heterocycles. The molecular formula is C9H12FN3O2. The number of aromatic nitrogens is 3. The van der Waals surface area contributed by atoms with Crippen molar-refractivity contribution in [3.05, 3.63) is 11.4 Å². The Morgan fingerprint density at radius 1 is 1.60 bits per heavy atom. The van der Waals surface area contributed by atoms with Gasteiger partial charge in [0.25, 0.3) is 0 Å². The van der Waals surface area contributed by atoms with Crippen molar-refractivity contribution in [1.82, 2.24) is 15.0 Å². The second kappa shape index (κ2) is 3.96. The summed E-state index contributed by atoms with van der Waals surface area (Å²) < 4.78 is 13.5. The first-order chi connectivity index (χ1) is 7.24. The standard InChI is InChI=1S/C9H12FN3O2/c10-4-1-5-13-8(6-2-3-6)7(9(14)15)11-12-13/h6H,1-5H2,(H,14,15). The number of alkyl halides is 1. The maximum absolute atomic E-state index is 12.0. The SMILES string of the molecule is O=C(O)c1nnn(CCCF)c1C1CC1. The fraction of sp³-hybridized carbons (Fsp3) is 0.667. The van der Waals surface area contributed by atoms with Gasteiger partial charge in [-0.1, -0.05) is 5.21 Å². The molecule has 0 radical (unpaired) electrons. The zero-order chi connectivity index (χ0) is 10.8. The smallest absolute Gasteiger partial charge is 0.358 e. The van der Waals surface area contributed by atoms with Crippen LogP contribution in [0.4, 0.5) is 4.39 Å². The van der Waals surface area contributed by atoms with E-state index in [9.17, 15) is 9.18 Å². The Morgan fingerprint density at radius 3 is 2.87 bits per heavy atom. The van der Waals surface area contributed by atoms with E-state index in [2.05, 4.69) is 10.3 Å². The van der Waals surface area contributed by atoms with Gasteiger partial charge in [0, 0.05) is 12.5 Å². The lowest BCUT2D eigenvalue weighted by Crippen LogP contribution is -2.08. The number of rotatable bonds is 5. The topological polar surface area (TPSA) is 68.0 Å². The summed E-state index contributed by atoms with van der Waals surface area (Å²) in [5.41, 5.74) is 0.687. The lowest BCUT2D eigenvalue weighted by atomic mass is 10.2. The minimum absolute atomic E-state index is 0.0244. The van der Waals surface area contributed by atoms with E-state index in [-0.39, 0.29) is 11.6 Å². The third-order valence-corrected chi connectivity index (χ3v) is 2.44. The van der Waals surface area contributed by atoms with Crippen LogP contribution in [0.3, 0.4) is 0 Å². The normalized spacial score (nSPS) is 15.5. The number of halogens is 1. The summed E-state index contributed by atoms with van der Waals surface area (Å²) in [6.45, 7) is -0.0189. The minimum Gasteiger partial charge on any atom is -0.476 e. The Morgan fingerprint density at radius 2 is 2.33 bits per heavy atom. The second-order valence-corrected chi connectivity index (χ2v) is 3.67. The van der Waals surface area contributed by atoms with E-state index in [4.69, 9.17) is 5.11 Å². The van der Waals surface area contributed by atoms with Crippen molar-refractivity contribution in [2.45, 2.75) is 31.7 Å². The van der Waals surface area contributed by atoms with E-state index in [1.165, 1.54) is 4.68 Å². The first-order valence-corrected chi connectivity index (χ1v) is 4.96. The van der Waals surface area contributed by atoms with Gasteiger partial charge in [0.2, 0.25) is 0 Å². The van der Waals surface area contributed by atoms with Crippen molar-refractivity contribution in [2.75, 3.05) is 6.67 Å². The molecule has 0 aromatic carbocycles. The first-order valence-electron chi connectivity index (χ1n) is 4.96. The van der Waals surface area contributed by atoms with E-state index in [0.717, 1.165) is 12.8 Å². The molecular weight excluding hydrogens is 201 g/mol. The third-order valence-electron chi connectivity index (χ3n) is 2.44. The molecule has 1 saturated carbocycles. The summed E-state index contributed by atoms with van der Waals surface area (Å²) in [4.78, 5) is 10.9. The van der Waals surface area contributed by atoms with Crippen LogP contribution in [0, 0.1) is 0 Å².